The number of nitrogens with zero attached hydrogens (tertiary/aromatic N) is 1. The van der Waals surface area contributed by atoms with Gasteiger partial charge in [0.05, 0.1) is 29.7 Å². The molecule has 8 nitrogen and oxygen atoms in total. The molecule has 9 heteroatoms. The first kappa shape index (κ1) is 20.4. The van der Waals surface area contributed by atoms with Crippen LogP contribution in [-0.2, 0) is 16.1 Å². The number of β-lactam (4-membered cyclic amide) rings is 1. The minimum atomic E-state index is -1.42. The first-order valence-electron chi connectivity index (χ1n) is 7.89. The first-order chi connectivity index (χ1) is 11.8. The molecule has 2 aliphatic heterocycles. The van der Waals surface area contributed by atoms with Crippen molar-refractivity contribution in [3.8, 4) is 0 Å². The average molecular weight is 367 g/mol. The van der Waals surface area contributed by atoms with E-state index < -0.39 is 29.9 Å². The number of aliphatic hydroxyl groups is 1. The molecule has 2 aliphatic rings. The van der Waals surface area contributed by atoms with Crippen molar-refractivity contribution < 1.29 is 54.2 Å². The number of fused-ring (bicyclic) bond motifs is 1. The van der Waals surface area contributed by atoms with Gasteiger partial charge in [-0.15, -0.1) is 0 Å². The van der Waals surface area contributed by atoms with Crippen LogP contribution in [0.5, 0.6) is 0 Å². The molecule has 0 aliphatic carbocycles. The van der Waals surface area contributed by atoms with Crippen LogP contribution in [0.1, 0.15) is 24.5 Å². The zero-order valence-electron chi connectivity index (χ0n) is 14.6. The molecule has 0 saturated carbocycles. The van der Waals surface area contributed by atoms with E-state index in [1.54, 1.807) is 24.3 Å². The summed E-state index contributed by atoms with van der Waals surface area (Å²) in [6.07, 6.45) is -0.515. The summed E-state index contributed by atoms with van der Waals surface area (Å²) >= 11 is 0. The molecule has 0 unspecified atom stereocenters. The summed E-state index contributed by atoms with van der Waals surface area (Å²) < 4.78 is 0. The number of carboxylic acids is 1. The number of rotatable bonds is 5. The van der Waals surface area contributed by atoms with Gasteiger partial charge >= 0.3 is 35.6 Å². The number of nitrogens with one attached hydrogen (secondary N) is 1. The Balaban J connectivity index is 0.00000243. The summed E-state index contributed by atoms with van der Waals surface area (Å²) in [7, 11) is 0. The zero-order valence-corrected chi connectivity index (χ0v) is 16.6. The monoisotopic (exact) mass is 367 g/mol. The molecule has 3 atom stereocenters. The Morgan fingerprint density at radius 2 is 2.15 bits per heavy atom. The Bertz CT molecular complexity index is 792. The van der Waals surface area contributed by atoms with Crippen LogP contribution in [0.15, 0.2) is 30.0 Å². The standard InChI is InChI=1S/C17H19N3O5.Na/c1-8(21)13-12-6-11(14(16(23)24)20(12)15(13)22)10-4-2-3-9(5-10)7-19-17(18)25;/h2-5,8,12-13,21H,6-7H2,1H3,(H,23,24)(H3,18,19,25);/q;+1/p-1/t8-,12-,13-;/m1./s1. The molecule has 1 fully saturated rings. The van der Waals surface area contributed by atoms with Gasteiger partial charge in [-0.25, -0.2) is 4.79 Å². The molecule has 0 aromatic heterocycles. The maximum absolute atomic E-state index is 12.2. The third kappa shape index (κ3) is 3.50. The smallest absolute Gasteiger partial charge is 0.543 e. The number of primary amides is 1. The normalized spacial score (nSPS) is 22.2. The zero-order chi connectivity index (χ0) is 18.3. The number of nitrogens with two attached hydrogens (primary N) is 1. The number of carbonyl (C=O) groups is 3. The Labute approximate surface area is 172 Å². The summed E-state index contributed by atoms with van der Waals surface area (Å²) in [5.74, 6) is -2.43. The molecular formula is C17H18N3NaO5. The molecular weight excluding hydrogens is 349 g/mol. The number of urea groups is 1. The molecule has 0 bridgehead atoms. The van der Waals surface area contributed by atoms with Crippen LogP contribution in [0.4, 0.5) is 4.79 Å². The van der Waals surface area contributed by atoms with E-state index in [9.17, 15) is 24.6 Å². The van der Waals surface area contributed by atoms with Crippen molar-refractivity contribution in [2.24, 2.45) is 11.7 Å². The summed E-state index contributed by atoms with van der Waals surface area (Å²) in [5, 5.41) is 23.8. The minimum Gasteiger partial charge on any atom is -0.543 e. The van der Waals surface area contributed by atoms with Crippen LogP contribution in [0, 0.1) is 5.92 Å². The number of aliphatic carboxylic acids is 1. The average Bonchev–Trinajstić information content (AvgIpc) is 2.88. The van der Waals surface area contributed by atoms with Crippen LogP contribution in [-0.4, -0.2) is 40.1 Å². The van der Waals surface area contributed by atoms with Crippen molar-refractivity contribution in [3.63, 3.8) is 0 Å². The van der Waals surface area contributed by atoms with Crippen molar-refractivity contribution in [2.75, 3.05) is 0 Å². The van der Waals surface area contributed by atoms with E-state index in [0.717, 1.165) is 5.56 Å². The van der Waals surface area contributed by atoms with Crippen molar-refractivity contribution in [1.82, 2.24) is 10.2 Å². The second-order valence-corrected chi connectivity index (χ2v) is 6.28. The van der Waals surface area contributed by atoms with Gasteiger partial charge in [-0.2, -0.15) is 0 Å². The molecule has 1 aromatic rings. The van der Waals surface area contributed by atoms with Crippen molar-refractivity contribution >= 4 is 23.5 Å². The van der Waals surface area contributed by atoms with Gasteiger partial charge in [-0.1, -0.05) is 18.2 Å². The SMILES string of the molecule is C[C@@H](O)[C@H]1C(=O)N2C(C(=O)[O-])=C(c3cccc(CNC(N)=O)c3)C[C@H]12.[Na+]. The fourth-order valence-electron chi connectivity index (χ4n) is 3.57. The number of aliphatic hydroxyl groups excluding tert-OH is 1. The summed E-state index contributed by atoms with van der Waals surface area (Å²) in [5.41, 5.74) is 6.77. The molecule has 0 radical (unpaired) electrons. The molecule has 0 spiro atoms. The maximum atomic E-state index is 12.2. The predicted molar refractivity (Wildman–Crippen MR) is 85.2 cm³/mol. The predicted octanol–water partition coefficient (Wildman–Crippen LogP) is -4.07. The van der Waals surface area contributed by atoms with Gasteiger partial charge in [0.15, 0.2) is 0 Å². The Morgan fingerprint density at radius 1 is 1.46 bits per heavy atom. The number of carbonyl (C=O) groups excluding carboxylic acids is 3. The Hall–Kier alpha value is -1.87. The number of carboxylic acid groups (broad SMARTS) is 1. The number of benzene rings is 1. The van der Waals surface area contributed by atoms with E-state index in [4.69, 9.17) is 5.73 Å². The fourth-order valence-corrected chi connectivity index (χ4v) is 3.57. The Kier molecular flexibility index (Phi) is 6.13. The number of hydrogen-bond donors (Lipinski definition) is 3. The summed E-state index contributed by atoms with van der Waals surface area (Å²) in [6.45, 7) is 1.73. The number of amides is 3. The van der Waals surface area contributed by atoms with Crippen LogP contribution in [0.3, 0.4) is 0 Å². The molecule has 3 amide bonds. The second kappa shape index (κ2) is 7.79. The van der Waals surface area contributed by atoms with Crippen molar-refractivity contribution in [3.05, 3.63) is 41.1 Å². The fraction of sp³-hybridized carbons (Fsp3) is 0.353. The minimum absolute atomic E-state index is 0. The molecule has 1 aromatic carbocycles. The van der Waals surface area contributed by atoms with Gasteiger partial charge in [0, 0.05) is 6.54 Å². The molecule has 132 valence electrons. The second-order valence-electron chi connectivity index (χ2n) is 6.28. The van der Waals surface area contributed by atoms with E-state index >= 15 is 0 Å². The van der Waals surface area contributed by atoms with Gasteiger partial charge in [0.25, 0.3) is 0 Å². The quantitative estimate of drug-likeness (QED) is 0.359. The topological polar surface area (TPSA) is 136 Å². The largest absolute Gasteiger partial charge is 1.00 e. The van der Waals surface area contributed by atoms with Gasteiger partial charge < -0.3 is 31.0 Å². The van der Waals surface area contributed by atoms with E-state index in [1.807, 2.05) is 0 Å². The van der Waals surface area contributed by atoms with Gasteiger partial charge in [0.1, 0.15) is 0 Å². The molecule has 26 heavy (non-hydrogen) atoms. The van der Waals surface area contributed by atoms with Crippen LogP contribution < -0.4 is 45.7 Å². The molecule has 2 heterocycles. The molecule has 4 N–H and O–H groups in total. The first-order valence-corrected chi connectivity index (χ1v) is 7.89. The number of hydrogen-bond acceptors (Lipinski definition) is 5. The van der Waals surface area contributed by atoms with Crippen molar-refractivity contribution in [1.29, 1.82) is 0 Å². The van der Waals surface area contributed by atoms with Gasteiger partial charge in [0.2, 0.25) is 5.91 Å². The van der Waals surface area contributed by atoms with E-state index in [1.165, 1.54) is 11.8 Å². The van der Waals surface area contributed by atoms with Crippen LogP contribution in [0.2, 0.25) is 0 Å². The maximum Gasteiger partial charge on any atom is 1.00 e. The summed E-state index contributed by atoms with van der Waals surface area (Å²) in [6, 6.07) is 5.95. The van der Waals surface area contributed by atoms with Gasteiger partial charge in [-0.3, -0.25) is 4.79 Å². The van der Waals surface area contributed by atoms with E-state index in [-0.39, 0.29) is 47.8 Å². The van der Waals surface area contributed by atoms with Crippen LogP contribution >= 0.6 is 0 Å². The molecule has 1 saturated heterocycles. The van der Waals surface area contributed by atoms with Crippen molar-refractivity contribution in [2.45, 2.75) is 32.0 Å². The van der Waals surface area contributed by atoms with E-state index in [0.29, 0.717) is 17.6 Å². The summed E-state index contributed by atoms with van der Waals surface area (Å²) in [4.78, 5) is 35.8. The third-order valence-corrected chi connectivity index (χ3v) is 4.66. The third-order valence-electron chi connectivity index (χ3n) is 4.66. The van der Waals surface area contributed by atoms with E-state index in [2.05, 4.69) is 5.32 Å². The molecule has 3 rings (SSSR count). The Morgan fingerprint density at radius 3 is 2.73 bits per heavy atom. The van der Waals surface area contributed by atoms with Gasteiger partial charge in [-0.05, 0) is 36.1 Å². The van der Waals surface area contributed by atoms with Crippen LogP contribution in [0.25, 0.3) is 5.57 Å².